The van der Waals surface area contributed by atoms with Gasteiger partial charge in [0, 0.05) is 24.4 Å². The number of aryl methyl sites for hydroxylation is 1. The summed E-state index contributed by atoms with van der Waals surface area (Å²) in [5.74, 6) is 1.53. The number of ether oxygens (including phenoxy) is 3. The van der Waals surface area contributed by atoms with Crippen molar-refractivity contribution < 1.29 is 28.9 Å². The zero-order valence-electron chi connectivity index (χ0n) is 20.5. The fraction of sp³-hybridized carbons (Fsp3) is 0.308. The van der Waals surface area contributed by atoms with Crippen LogP contribution in [0.25, 0.3) is 0 Å². The summed E-state index contributed by atoms with van der Waals surface area (Å²) >= 11 is 0. The van der Waals surface area contributed by atoms with E-state index in [0.29, 0.717) is 58.6 Å². The number of allylic oxidation sites excluding steroid dienone is 1. The number of nitrogens with one attached hydrogen (secondary N) is 2. The lowest BCUT2D eigenvalue weighted by atomic mass is 9.94. The molecule has 0 saturated heterocycles. The van der Waals surface area contributed by atoms with E-state index in [2.05, 4.69) is 20.7 Å². The van der Waals surface area contributed by atoms with Crippen molar-refractivity contribution in [2.45, 2.75) is 32.7 Å². The minimum absolute atomic E-state index is 0.0305. The molecule has 3 heterocycles. The number of benzene rings is 2. The van der Waals surface area contributed by atoms with Crippen molar-refractivity contribution in [2.24, 2.45) is 0 Å². The van der Waals surface area contributed by atoms with Crippen molar-refractivity contribution in [1.29, 1.82) is 0 Å². The maximum atomic E-state index is 13.7. The van der Waals surface area contributed by atoms with Gasteiger partial charge in [-0.2, -0.15) is 10.1 Å². The molecule has 1 unspecified atom stereocenters. The Morgan fingerprint density at radius 2 is 1.97 bits per heavy atom. The van der Waals surface area contributed by atoms with Crippen LogP contribution in [0.4, 0.5) is 11.6 Å². The monoisotopic (exact) mass is 505 g/mol. The van der Waals surface area contributed by atoms with E-state index in [0.717, 1.165) is 5.56 Å². The lowest BCUT2D eigenvalue weighted by molar-refractivity contribution is -0.113. The van der Waals surface area contributed by atoms with E-state index in [4.69, 9.17) is 14.2 Å². The van der Waals surface area contributed by atoms with Crippen LogP contribution in [0.5, 0.6) is 11.5 Å². The SMILES string of the molecule is CCOC(=O)c1ccc(NC(=O)C2=C(C)Nc3nc(CCCO)nn3C2c2ccc3c(c2)OCO3)cc1. The van der Waals surface area contributed by atoms with Gasteiger partial charge < -0.3 is 30.0 Å². The first-order valence-electron chi connectivity index (χ1n) is 12.0. The summed E-state index contributed by atoms with van der Waals surface area (Å²) in [4.78, 5) is 30.2. The number of hydrogen-bond donors (Lipinski definition) is 3. The van der Waals surface area contributed by atoms with Crippen LogP contribution in [0.3, 0.4) is 0 Å². The third-order valence-corrected chi connectivity index (χ3v) is 6.07. The minimum Gasteiger partial charge on any atom is -0.462 e. The van der Waals surface area contributed by atoms with Crippen LogP contribution in [0.2, 0.25) is 0 Å². The molecule has 2 aromatic carbocycles. The van der Waals surface area contributed by atoms with E-state index >= 15 is 0 Å². The molecule has 0 aliphatic carbocycles. The first-order chi connectivity index (χ1) is 18.0. The van der Waals surface area contributed by atoms with E-state index in [-0.39, 0.29) is 25.9 Å². The lowest BCUT2D eigenvalue weighted by Gasteiger charge is -2.28. The average molecular weight is 506 g/mol. The molecule has 2 aliphatic heterocycles. The van der Waals surface area contributed by atoms with Gasteiger partial charge in [-0.05, 0) is 62.2 Å². The molecule has 3 aromatic rings. The summed E-state index contributed by atoms with van der Waals surface area (Å²) in [5.41, 5.74) is 2.76. The molecular weight excluding hydrogens is 478 g/mol. The summed E-state index contributed by atoms with van der Waals surface area (Å²) in [5, 5.41) is 20.0. The van der Waals surface area contributed by atoms with Gasteiger partial charge in [-0.25, -0.2) is 9.48 Å². The van der Waals surface area contributed by atoms with Crippen molar-refractivity contribution in [1.82, 2.24) is 14.8 Å². The van der Waals surface area contributed by atoms with Crippen LogP contribution in [0.15, 0.2) is 53.7 Å². The minimum atomic E-state index is -0.597. The Morgan fingerprint density at radius 1 is 1.19 bits per heavy atom. The highest BCUT2D eigenvalue weighted by molar-refractivity contribution is 6.06. The number of rotatable bonds is 8. The number of aliphatic hydroxyl groups excluding tert-OH is 1. The zero-order chi connectivity index (χ0) is 25.9. The smallest absolute Gasteiger partial charge is 0.338 e. The number of anilines is 2. The Kier molecular flexibility index (Phi) is 6.78. The number of esters is 1. The van der Waals surface area contributed by atoms with E-state index < -0.39 is 12.0 Å². The van der Waals surface area contributed by atoms with E-state index in [1.807, 2.05) is 25.1 Å². The van der Waals surface area contributed by atoms with Gasteiger partial charge in [0.05, 0.1) is 17.7 Å². The predicted octanol–water partition coefficient (Wildman–Crippen LogP) is 3.04. The predicted molar refractivity (Wildman–Crippen MR) is 133 cm³/mol. The summed E-state index contributed by atoms with van der Waals surface area (Å²) in [6.45, 7) is 4.00. The van der Waals surface area contributed by atoms with Gasteiger partial charge in [-0.3, -0.25) is 4.79 Å². The molecule has 2 aliphatic rings. The average Bonchev–Trinajstić information content (AvgIpc) is 3.53. The van der Waals surface area contributed by atoms with Gasteiger partial charge in [-0.1, -0.05) is 6.07 Å². The quantitative estimate of drug-likeness (QED) is 0.395. The molecule has 5 rings (SSSR count). The normalized spacial score (nSPS) is 15.7. The molecule has 0 radical (unpaired) electrons. The highest BCUT2D eigenvalue weighted by atomic mass is 16.7. The zero-order valence-corrected chi connectivity index (χ0v) is 20.5. The van der Waals surface area contributed by atoms with Crippen molar-refractivity contribution in [2.75, 3.05) is 30.6 Å². The van der Waals surface area contributed by atoms with Gasteiger partial charge in [0.1, 0.15) is 6.04 Å². The van der Waals surface area contributed by atoms with Gasteiger partial charge in [0.25, 0.3) is 5.91 Å². The second-order valence-corrected chi connectivity index (χ2v) is 8.55. The second kappa shape index (κ2) is 10.3. The van der Waals surface area contributed by atoms with Gasteiger partial charge in [-0.15, -0.1) is 0 Å². The number of carbonyl (C=O) groups excluding carboxylic acids is 2. The van der Waals surface area contributed by atoms with E-state index in [1.165, 1.54) is 0 Å². The number of fused-ring (bicyclic) bond motifs is 2. The molecule has 0 bridgehead atoms. The molecule has 11 nitrogen and oxygen atoms in total. The number of aliphatic hydroxyl groups is 1. The number of hydrogen-bond acceptors (Lipinski definition) is 9. The third-order valence-electron chi connectivity index (χ3n) is 6.07. The largest absolute Gasteiger partial charge is 0.462 e. The summed E-state index contributed by atoms with van der Waals surface area (Å²) in [7, 11) is 0. The van der Waals surface area contributed by atoms with Crippen molar-refractivity contribution in [3.8, 4) is 11.5 Å². The molecule has 11 heteroatoms. The molecule has 1 amide bonds. The summed E-state index contributed by atoms with van der Waals surface area (Å²) < 4.78 is 17.7. The number of carbonyl (C=O) groups is 2. The van der Waals surface area contributed by atoms with Crippen molar-refractivity contribution in [3.63, 3.8) is 0 Å². The molecule has 1 aromatic heterocycles. The first kappa shape index (κ1) is 24.3. The molecule has 0 spiro atoms. The van der Waals surface area contributed by atoms with E-state index in [9.17, 15) is 14.7 Å². The molecule has 0 fully saturated rings. The Labute approximate surface area is 213 Å². The maximum Gasteiger partial charge on any atom is 0.338 e. The highest BCUT2D eigenvalue weighted by Gasteiger charge is 2.35. The van der Waals surface area contributed by atoms with Crippen LogP contribution in [0.1, 0.15) is 48.1 Å². The van der Waals surface area contributed by atoms with Crippen molar-refractivity contribution >= 4 is 23.5 Å². The molecule has 0 saturated carbocycles. The Bertz CT molecular complexity index is 1360. The lowest BCUT2D eigenvalue weighted by Crippen LogP contribution is -2.31. The van der Waals surface area contributed by atoms with Gasteiger partial charge >= 0.3 is 5.97 Å². The number of aromatic nitrogens is 3. The summed E-state index contributed by atoms with van der Waals surface area (Å²) in [6.07, 6.45) is 1.03. The Hall–Kier alpha value is -4.38. The fourth-order valence-corrected chi connectivity index (χ4v) is 4.33. The van der Waals surface area contributed by atoms with Gasteiger partial charge in [0.15, 0.2) is 17.3 Å². The number of amides is 1. The molecule has 3 N–H and O–H groups in total. The van der Waals surface area contributed by atoms with Crippen LogP contribution >= 0.6 is 0 Å². The van der Waals surface area contributed by atoms with Crippen LogP contribution in [0, 0.1) is 0 Å². The standard InChI is InChI=1S/C26H27N5O6/c1-3-35-25(34)16-6-9-18(10-7-16)28-24(33)22-15(2)27-26-29-21(5-4-12-32)30-31(26)23(22)17-8-11-19-20(13-17)37-14-36-19/h6-11,13,23,32H,3-5,12,14H2,1-2H3,(H,28,33)(H,27,29,30). The fourth-order valence-electron chi connectivity index (χ4n) is 4.33. The molecular formula is C26H27N5O6. The Morgan fingerprint density at radius 3 is 2.73 bits per heavy atom. The summed E-state index contributed by atoms with van der Waals surface area (Å²) in [6, 6.07) is 11.4. The third kappa shape index (κ3) is 4.85. The molecule has 192 valence electrons. The van der Waals surface area contributed by atoms with Gasteiger partial charge in [0.2, 0.25) is 12.7 Å². The number of nitrogens with zero attached hydrogens (tertiary/aromatic N) is 3. The molecule has 1 atom stereocenters. The highest BCUT2D eigenvalue weighted by Crippen LogP contribution is 2.40. The van der Waals surface area contributed by atoms with Crippen LogP contribution in [-0.4, -0.2) is 51.8 Å². The first-order valence-corrected chi connectivity index (χ1v) is 12.0. The second-order valence-electron chi connectivity index (χ2n) is 8.55. The van der Waals surface area contributed by atoms with Crippen LogP contribution < -0.4 is 20.1 Å². The Balaban J connectivity index is 1.48. The molecule has 37 heavy (non-hydrogen) atoms. The van der Waals surface area contributed by atoms with Crippen LogP contribution in [-0.2, 0) is 16.0 Å². The van der Waals surface area contributed by atoms with E-state index in [1.54, 1.807) is 35.9 Å². The topological polar surface area (TPSA) is 137 Å². The van der Waals surface area contributed by atoms with Crippen molar-refractivity contribution in [3.05, 3.63) is 70.7 Å². The maximum absolute atomic E-state index is 13.7.